The van der Waals surface area contributed by atoms with Gasteiger partial charge in [-0.1, -0.05) is 0 Å². The fraction of sp³-hybridized carbons (Fsp3) is 0.448. The van der Waals surface area contributed by atoms with Crippen molar-refractivity contribution in [3.05, 3.63) is 40.6 Å². The van der Waals surface area contributed by atoms with Gasteiger partial charge in [0, 0.05) is 24.6 Å². The molecule has 0 radical (unpaired) electrons. The van der Waals surface area contributed by atoms with Crippen molar-refractivity contribution < 1.29 is 84.0 Å². The molecule has 2 saturated heterocycles. The van der Waals surface area contributed by atoms with Crippen LogP contribution >= 0.6 is 0 Å². The predicted octanol–water partition coefficient (Wildman–Crippen LogP) is -2.14. The van der Waals surface area contributed by atoms with Gasteiger partial charge >= 0.3 is 5.97 Å². The molecule has 3 heterocycles. The maximum atomic E-state index is 13.7. The van der Waals surface area contributed by atoms with Crippen LogP contribution < -0.4 is 10.2 Å². The number of ether oxygens (including phenoxy) is 5. The molecule has 2 aromatic carbocycles. The van der Waals surface area contributed by atoms with E-state index in [0.29, 0.717) is 0 Å². The summed E-state index contributed by atoms with van der Waals surface area (Å²) in [6, 6.07) is 5.14. The molecule has 0 spiro atoms. The van der Waals surface area contributed by atoms with Crippen molar-refractivity contribution >= 4 is 16.9 Å². The Kier molecular flexibility index (Phi) is 9.78. The Balaban J connectivity index is 1.47. The van der Waals surface area contributed by atoms with Crippen LogP contribution in [0.15, 0.2) is 39.5 Å². The Labute approximate surface area is 263 Å². The van der Waals surface area contributed by atoms with Crippen LogP contribution in [0.4, 0.5) is 0 Å². The lowest BCUT2D eigenvalue weighted by Crippen LogP contribution is -2.62. The smallest absolute Gasteiger partial charge is 0.303 e. The number of aromatic hydroxyl groups is 4. The van der Waals surface area contributed by atoms with Crippen molar-refractivity contribution in [3.8, 4) is 40.1 Å². The number of hydrogen-bond acceptors (Lipinski definition) is 18. The van der Waals surface area contributed by atoms with Gasteiger partial charge < -0.3 is 79.2 Å². The molecule has 0 bridgehead atoms. The van der Waals surface area contributed by atoms with E-state index in [2.05, 4.69) is 0 Å². The van der Waals surface area contributed by atoms with Crippen molar-refractivity contribution in [2.75, 3.05) is 13.2 Å². The van der Waals surface area contributed by atoms with Gasteiger partial charge in [-0.25, -0.2) is 0 Å². The van der Waals surface area contributed by atoms with E-state index in [0.717, 1.165) is 31.2 Å². The Morgan fingerprint density at radius 1 is 0.809 bits per heavy atom. The largest absolute Gasteiger partial charge is 0.508 e. The highest BCUT2D eigenvalue weighted by atomic mass is 16.7. The van der Waals surface area contributed by atoms with E-state index in [1.165, 1.54) is 6.07 Å². The first-order chi connectivity index (χ1) is 22.2. The van der Waals surface area contributed by atoms with Crippen molar-refractivity contribution in [2.45, 2.75) is 68.3 Å². The third kappa shape index (κ3) is 6.63. The number of phenols is 4. The summed E-state index contributed by atoms with van der Waals surface area (Å²) >= 11 is 0. The molecule has 10 N–H and O–H groups in total. The first kappa shape index (κ1) is 34.1. The Morgan fingerprint density at radius 2 is 1.49 bits per heavy atom. The number of aliphatic hydroxyl groups is 6. The van der Waals surface area contributed by atoms with E-state index >= 15 is 0 Å². The van der Waals surface area contributed by atoms with Crippen LogP contribution in [0.1, 0.15) is 6.92 Å². The fourth-order valence-corrected chi connectivity index (χ4v) is 5.19. The zero-order valence-corrected chi connectivity index (χ0v) is 24.3. The van der Waals surface area contributed by atoms with E-state index in [1.54, 1.807) is 0 Å². The van der Waals surface area contributed by atoms with E-state index in [9.17, 15) is 60.7 Å². The summed E-state index contributed by atoms with van der Waals surface area (Å²) in [6.07, 6.45) is -17.4. The molecule has 5 rings (SSSR count). The predicted molar refractivity (Wildman–Crippen MR) is 151 cm³/mol. The normalized spacial score (nSPS) is 31.0. The molecular formula is C29H32O18. The third-order valence-corrected chi connectivity index (χ3v) is 7.61. The van der Waals surface area contributed by atoms with Gasteiger partial charge in [0.25, 0.3) is 0 Å². The molecule has 10 atom stereocenters. The van der Waals surface area contributed by atoms with Crippen LogP contribution in [0.5, 0.6) is 28.7 Å². The van der Waals surface area contributed by atoms with E-state index in [1.807, 2.05) is 0 Å². The SMILES string of the molecule is CC(=O)O[C@H]1[C@H](OC[C@H]2O[C@@H](Oc3c(-c4ccc(O)c(O)c4)oc4cc(O)cc(O)c4c3=O)[C@H](O)[C@@H](O)[C@@H]2O)O[C@H](CO)[C@@H](O)[C@@H]1O. The second-order valence-electron chi connectivity index (χ2n) is 10.9. The number of hydrogen-bond donors (Lipinski definition) is 10. The van der Waals surface area contributed by atoms with Crippen LogP contribution in [0.3, 0.4) is 0 Å². The first-order valence-electron chi connectivity index (χ1n) is 14.0. The Morgan fingerprint density at radius 3 is 2.15 bits per heavy atom. The quantitative estimate of drug-likeness (QED) is 0.0904. The molecular weight excluding hydrogens is 636 g/mol. The van der Waals surface area contributed by atoms with E-state index < -0.39 is 126 Å². The van der Waals surface area contributed by atoms with Gasteiger partial charge in [0.2, 0.25) is 17.5 Å². The van der Waals surface area contributed by atoms with Crippen LogP contribution in [0.25, 0.3) is 22.3 Å². The number of phenolic OH excluding ortho intramolecular Hbond substituents is 4. The molecule has 2 fully saturated rings. The molecule has 0 amide bonds. The fourth-order valence-electron chi connectivity index (χ4n) is 5.19. The lowest BCUT2D eigenvalue weighted by Gasteiger charge is -2.43. The lowest BCUT2D eigenvalue weighted by atomic mass is 9.98. The zero-order chi connectivity index (χ0) is 34.3. The minimum Gasteiger partial charge on any atom is -0.508 e. The topological polar surface area (TPSA) is 296 Å². The molecule has 18 nitrogen and oxygen atoms in total. The van der Waals surface area contributed by atoms with Crippen LogP contribution in [0, 0.1) is 0 Å². The Hall–Kier alpha value is -4.24. The summed E-state index contributed by atoms with van der Waals surface area (Å²) in [7, 11) is 0. The van der Waals surface area contributed by atoms with Crippen molar-refractivity contribution in [1.82, 2.24) is 0 Å². The zero-order valence-electron chi connectivity index (χ0n) is 24.3. The van der Waals surface area contributed by atoms with E-state index in [-0.39, 0.29) is 11.1 Å². The molecule has 47 heavy (non-hydrogen) atoms. The van der Waals surface area contributed by atoms with Crippen LogP contribution in [-0.4, -0.2) is 132 Å². The molecule has 0 saturated carbocycles. The second kappa shape index (κ2) is 13.5. The second-order valence-corrected chi connectivity index (χ2v) is 10.9. The number of esters is 1. The maximum Gasteiger partial charge on any atom is 0.303 e. The van der Waals surface area contributed by atoms with E-state index in [4.69, 9.17) is 28.1 Å². The molecule has 2 aliphatic rings. The number of carbonyl (C=O) groups is 1. The third-order valence-electron chi connectivity index (χ3n) is 7.61. The molecule has 256 valence electrons. The van der Waals surface area contributed by atoms with Gasteiger partial charge in [0.1, 0.15) is 65.2 Å². The van der Waals surface area contributed by atoms with Gasteiger partial charge in [-0.3, -0.25) is 9.59 Å². The summed E-state index contributed by atoms with van der Waals surface area (Å²) < 4.78 is 33.1. The molecule has 1 aromatic heterocycles. The monoisotopic (exact) mass is 668 g/mol. The van der Waals surface area contributed by atoms with Crippen LogP contribution in [0.2, 0.25) is 0 Å². The van der Waals surface area contributed by atoms with Crippen LogP contribution in [-0.2, 0) is 23.7 Å². The number of rotatable bonds is 8. The maximum absolute atomic E-state index is 13.7. The van der Waals surface area contributed by atoms with Gasteiger partial charge in [-0.15, -0.1) is 0 Å². The molecule has 18 heteroatoms. The highest BCUT2D eigenvalue weighted by Crippen LogP contribution is 2.39. The minimum absolute atomic E-state index is 0.0620. The molecule has 0 aliphatic carbocycles. The molecule has 2 aliphatic heterocycles. The highest BCUT2D eigenvalue weighted by Gasteiger charge is 2.49. The number of benzene rings is 2. The van der Waals surface area contributed by atoms with Gasteiger partial charge in [0.05, 0.1) is 13.2 Å². The summed E-state index contributed by atoms with van der Waals surface area (Å²) in [5.74, 6) is -4.38. The van der Waals surface area contributed by atoms with Gasteiger partial charge in [-0.05, 0) is 18.2 Å². The van der Waals surface area contributed by atoms with Crippen molar-refractivity contribution in [1.29, 1.82) is 0 Å². The van der Waals surface area contributed by atoms with Crippen molar-refractivity contribution in [3.63, 3.8) is 0 Å². The lowest BCUT2D eigenvalue weighted by molar-refractivity contribution is -0.324. The average Bonchev–Trinajstić information content (AvgIpc) is 3.01. The summed E-state index contributed by atoms with van der Waals surface area (Å²) in [4.78, 5) is 25.3. The highest BCUT2D eigenvalue weighted by molar-refractivity contribution is 5.88. The number of aliphatic hydroxyl groups excluding tert-OH is 6. The number of fused-ring (bicyclic) bond motifs is 1. The molecule has 0 unspecified atom stereocenters. The minimum atomic E-state index is -2.03. The summed E-state index contributed by atoms with van der Waals surface area (Å²) in [5.41, 5.74) is -1.44. The standard InChI is InChI=1S/C29H32O18/c1-9(31)43-27-23(40)19(36)16(7-30)45-29(27)42-8-17-20(37)22(39)24(41)28(46-17)47-26-21(38)18-14(35)5-11(32)6-15(18)44-25(26)10-2-3-12(33)13(34)4-10/h2-6,16-17,19-20,22-24,27-30,32-37,39-41H,7-8H2,1H3/t16-,17-,19-,20-,22+,23+,24-,27-,28+,29-/m1/s1. The summed E-state index contributed by atoms with van der Waals surface area (Å²) in [6.45, 7) is -0.459. The average molecular weight is 669 g/mol. The summed E-state index contributed by atoms with van der Waals surface area (Å²) in [5, 5.41) is 102. The first-order valence-corrected chi connectivity index (χ1v) is 14.0. The van der Waals surface area contributed by atoms with Crippen molar-refractivity contribution in [2.24, 2.45) is 0 Å². The number of carbonyl (C=O) groups excluding carboxylic acids is 1. The van der Waals surface area contributed by atoms with Gasteiger partial charge in [0.15, 0.2) is 29.7 Å². The molecule has 3 aromatic rings. The Bertz CT molecular complexity index is 1670. The van der Waals surface area contributed by atoms with Gasteiger partial charge in [-0.2, -0.15) is 0 Å².